The Bertz CT molecular complexity index is 599. The fourth-order valence-corrected chi connectivity index (χ4v) is 2.17. The molecule has 0 spiro atoms. The predicted octanol–water partition coefficient (Wildman–Crippen LogP) is 2.26. The Morgan fingerprint density at radius 1 is 1.42 bits per heavy atom. The summed E-state index contributed by atoms with van der Waals surface area (Å²) in [6.45, 7) is 6.29. The van der Waals surface area contributed by atoms with E-state index < -0.39 is 0 Å². The summed E-state index contributed by atoms with van der Waals surface area (Å²) in [5, 5.41) is 15.6. The molecule has 0 saturated heterocycles. The van der Waals surface area contributed by atoms with Crippen molar-refractivity contribution in [1.29, 1.82) is 0 Å². The topological polar surface area (TPSA) is 78.8 Å². The second kappa shape index (κ2) is 5.21. The standard InChI is InChI=1S/C12H17N5O2/c1-4-7-16-12(11(17(18)19)9(3)14-16)15-8-6-13-10(15)5-2/h6,8H,4-5,7H2,1-3H3. The van der Waals surface area contributed by atoms with Gasteiger partial charge in [0, 0.05) is 25.4 Å². The number of nitrogens with zero attached hydrogens (tertiary/aromatic N) is 5. The molecule has 0 aliphatic rings. The minimum absolute atomic E-state index is 0.0566. The van der Waals surface area contributed by atoms with Crippen LogP contribution in [0.1, 0.15) is 31.8 Å². The van der Waals surface area contributed by atoms with E-state index in [9.17, 15) is 10.1 Å². The molecule has 0 N–H and O–H groups in total. The SMILES string of the molecule is CCCn1nc(C)c([N+](=O)[O-])c1-n1ccnc1CC. The average Bonchev–Trinajstić information content (AvgIpc) is 2.92. The molecule has 0 aliphatic heterocycles. The highest BCUT2D eigenvalue weighted by atomic mass is 16.6. The van der Waals surface area contributed by atoms with Crippen molar-refractivity contribution in [2.75, 3.05) is 0 Å². The molecule has 0 unspecified atom stereocenters. The van der Waals surface area contributed by atoms with Gasteiger partial charge in [0.05, 0.1) is 4.92 Å². The van der Waals surface area contributed by atoms with Crippen LogP contribution in [-0.2, 0) is 13.0 Å². The Labute approximate surface area is 111 Å². The Morgan fingerprint density at radius 2 is 2.16 bits per heavy atom. The first-order chi connectivity index (χ1) is 9.10. The van der Waals surface area contributed by atoms with Gasteiger partial charge < -0.3 is 0 Å². The van der Waals surface area contributed by atoms with Crippen molar-refractivity contribution in [2.24, 2.45) is 0 Å². The fourth-order valence-electron chi connectivity index (χ4n) is 2.17. The molecule has 0 aromatic carbocycles. The lowest BCUT2D eigenvalue weighted by Gasteiger charge is -2.08. The highest BCUT2D eigenvalue weighted by Gasteiger charge is 2.27. The van der Waals surface area contributed by atoms with Gasteiger partial charge >= 0.3 is 5.69 Å². The van der Waals surface area contributed by atoms with Crippen LogP contribution in [0.4, 0.5) is 5.69 Å². The molecule has 0 bridgehead atoms. The summed E-state index contributed by atoms with van der Waals surface area (Å²) < 4.78 is 3.45. The third-order valence-corrected chi connectivity index (χ3v) is 2.95. The van der Waals surface area contributed by atoms with E-state index in [0.717, 1.165) is 12.2 Å². The van der Waals surface area contributed by atoms with Crippen LogP contribution in [0.15, 0.2) is 12.4 Å². The minimum atomic E-state index is -0.372. The summed E-state index contributed by atoms with van der Waals surface area (Å²) in [6, 6.07) is 0. The molecular weight excluding hydrogens is 246 g/mol. The van der Waals surface area contributed by atoms with Gasteiger partial charge in [-0.2, -0.15) is 5.10 Å². The van der Waals surface area contributed by atoms with E-state index >= 15 is 0 Å². The number of hydrogen-bond acceptors (Lipinski definition) is 4. The van der Waals surface area contributed by atoms with Gasteiger partial charge in [0.25, 0.3) is 0 Å². The van der Waals surface area contributed by atoms with Crippen LogP contribution in [0.25, 0.3) is 5.82 Å². The van der Waals surface area contributed by atoms with Gasteiger partial charge in [0.15, 0.2) is 0 Å². The maximum atomic E-state index is 11.3. The predicted molar refractivity (Wildman–Crippen MR) is 70.4 cm³/mol. The van der Waals surface area contributed by atoms with E-state index in [1.165, 1.54) is 0 Å². The molecule has 2 rings (SSSR count). The highest BCUT2D eigenvalue weighted by molar-refractivity contribution is 5.52. The molecule has 0 saturated carbocycles. The van der Waals surface area contributed by atoms with Crippen LogP contribution in [0.3, 0.4) is 0 Å². The largest absolute Gasteiger partial charge is 0.334 e. The Morgan fingerprint density at radius 3 is 2.74 bits per heavy atom. The molecule has 2 aromatic heterocycles. The van der Waals surface area contributed by atoms with Crippen molar-refractivity contribution in [2.45, 2.75) is 40.2 Å². The molecule has 19 heavy (non-hydrogen) atoms. The number of aryl methyl sites for hydroxylation is 3. The zero-order valence-corrected chi connectivity index (χ0v) is 11.3. The van der Waals surface area contributed by atoms with E-state index in [2.05, 4.69) is 10.1 Å². The normalized spacial score (nSPS) is 10.9. The van der Waals surface area contributed by atoms with E-state index in [1.807, 2.05) is 13.8 Å². The average molecular weight is 263 g/mol. The molecule has 7 nitrogen and oxygen atoms in total. The number of hydrogen-bond donors (Lipinski definition) is 0. The second-order valence-corrected chi connectivity index (χ2v) is 4.30. The highest BCUT2D eigenvalue weighted by Crippen LogP contribution is 2.27. The number of rotatable bonds is 5. The van der Waals surface area contributed by atoms with Crippen molar-refractivity contribution >= 4 is 5.69 Å². The van der Waals surface area contributed by atoms with Crippen molar-refractivity contribution in [3.8, 4) is 5.82 Å². The molecule has 0 radical (unpaired) electrons. The van der Waals surface area contributed by atoms with Crippen LogP contribution in [-0.4, -0.2) is 24.3 Å². The summed E-state index contributed by atoms with van der Waals surface area (Å²) >= 11 is 0. The molecule has 102 valence electrons. The van der Waals surface area contributed by atoms with Crippen LogP contribution >= 0.6 is 0 Å². The second-order valence-electron chi connectivity index (χ2n) is 4.30. The molecule has 2 aromatic rings. The first kappa shape index (κ1) is 13.3. The van der Waals surface area contributed by atoms with E-state index in [1.54, 1.807) is 28.6 Å². The van der Waals surface area contributed by atoms with E-state index in [0.29, 0.717) is 24.5 Å². The lowest BCUT2D eigenvalue weighted by atomic mass is 10.3. The van der Waals surface area contributed by atoms with Crippen molar-refractivity contribution < 1.29 is 4.92 Å². The van der Waals surface area contributed by atoms with Gasteiger partial charge in [-0.25, -0.2) is 9.67 Å². The Balaban J connectivity index is 2.68. The molecule has 0 aliphatic carbocycles. The van der Waals surface area contributed by atoms with Gasteiger partial charge in [0.1, 0.15) is 11.5 Å². The van der Waals surface area contributed by atoms with Gasteiger partial charge in [-0.3, -0.25) is 14.7 Å². The lowest BCUT2D eigenvalue weighted by molar-refractivity contribution is -0.385. The minimum Gasteiger partial charge on any atom is -0.282 e. The summed E-state index contributed by atoms with van der Waals surface area (Å²) in [4.78, 5) is 15.1. The molecule has 2 heterocycles. The molecule has 0 atom stereocenters. The first-order valence-corrected chi connectivity index (χ1v) is 6.34. The monoisotopic (exact) mass is 263 g/mol. The van der Waals surface area contributed by atoms with Gasteiger partial charge in [-0.1, -0.05) is 13.8 Å². The van der Waals surface area contributed by atoms with E-state index in [-0.39, 0.29) is 10.6 Å². The van der Waals surface area contributed by atoms with Crippen molar-refractivity contribution in [1.82, 2.24) is 19.3 Å². The molecule has 0 amide bonds. The van der Waals surface area contributed by atoms with Crippen LogP contribution in [0, 0.1) is 17.0 Å². The maximum Gasteiger partial charge on any atom is 0.334 e. The van der Waals surface area contributed by atoms with Gasteiger partial charge in [-0.15, -0.1) is 0 Å². The number of nitro groups is 1. The summed E-state index contributed by atoms with van der Waals surface area (Å²) in [6.07, 6.45) is 4.97. The fraction of sp³-hybridized carbons (Fsp3) is 0.500. The quantitative estimate of drug-likeness (QED) is 0.612. The Hall–Kier alpha value is -2.18. The van der Waals surface area contributed by atoms with Crippen molar-refractivity contribution in [3.05, 3.63) is 34.0 Å². The Kier molecular flexibility index (Phi) is 3.64. The summed E-state index contributed by atoms with van der Waals surface area (Å²) in [7, 11) is 0. The molecular formula is C12H17N5O2. The lowest BCUT2D eigenvalue weighted by Crippen LogP contribution is -2.10. The zero-order valence-electron chi connectivity index (χ0n) is 11.3. The zero-order chi connectivity index (χ0) is 14.0. The van der Waals surface area contributed by atoms with Crippen LogP contribution in [0.2, 0.25) is 0 Å². The number of aromatic nitrogens is 4. The van der Waals surface area contributed by atoms with Gasteiger partial charge in [-0.05, 0) is 13.3 Å². The third-order valence-electron chi connectivity index (χ3n) is 2.95. The van der Waals surface area contributed by atoms with Crippen molar-refractivity contribution in [3.63, 3.8) is 0 Å². The van der Waals surface area contributed by atoms with Gasteiger partial charge in [0.2, 0.25) is 5.82 Å². The summed E-state index contributed by atoms with van der Waals surface area (Å²) in [5.74, 6) is 1.29. The smallest absolute Gasteiger partial charge is 0.282 e. The van der Waals surface area contributed by atoms with Crippen LogP contribution < -0.4 is 0 Å². The number of imidazole rings is 1. The van der Waals surface area contributed by atoms with E-state index in [4.69, 9.17) is 0 Å². The maximum absolute atomic E-state index is 11.3. The van der Waals surface area contributed by atoms with Crippen LogP contribution in [0.5, 0.6) is 0 Å². The third kappa shape index (κ3) is 2.23. The molecule has 7 heteroatoms. The molecule has 0 fully saturated rings. The first-order valence-electron chi connectivity index (χ1n) is 6.34. The summed E-state index contributed by atoms with van der Waals surface area (Å²) in [5.41, 5.74) is 0.491.